The second kappa shape index (κ2) is 4.89. The molecule has 0 aliphatic carbocycles. The first-order valence-electron chi connectivity index (χ1n) is 6.40. The van der Waals surface area contributed by atoms with Gasteiger partial charge in [-0.15, -0.1) is 0 Å². The maximum Gasteiger partial charge on any atom is 0.227 e. The Kier molecular flexibility index (Phi) is 3.06. The number of para-hydroxylation sites is 2. The van der Waals surface area contributed by atoms with Gasteiger partial charge in [0.25, 0.3) is 0 Å². The van der Waals surface area contributed by atoms with Crippen molar-refractivity contribution in [2.45, 2.75) is 13.2 Å². The molecule has 1 aliphatic rings. The van der Waals surface area contributed by atoms with Crippen molar-refractivity contribution in [1.29, 1.82) is 0 Å². The van der Waals surface area contributed by atoms with Crippen LogP contribution < -0.4 is 14.4 Å². The molecule has 0 aromatic heterocycles. The number of benzene rings is 2. The predicted octanol–water partition coefficient (Wildman–Crippen LogP) is 3.14. The molecule has 0 saturated carbocycles. The van der Waals surface area contributed by atoms with E-state index in [1.807, 2.05) is 48.5 Å². The zero-order valence-corrected chi connectivity index (χ0v) is 11.4. The van der Waals surface area contributed by atoms with Crippen LogP contribution >= 0.6 is 0 Å². The summed E-state index contributed by atoms with van der Waals surface area (Å²) in [6, 6.07) is 15.1. The van der Waals surface area contributed by atoms with Gasteiger partial charge in [0.15, 0.2) is 0 Å². The van der Waals surface area contributed by atoms with Gasteiger partial charge in [-0.3, -0.25) is 9.69 Å². The fourth-order valence-corrected chi connectivity index (χ4v) is 2.38. The van der Waals surface area contributed by atoms with Gasteiger partial charge in [-0.2, -0.15) is 0 Å². The Labute approximate surface area is 117 Å². The summed E-state index contributed by atoms with van der Waals surface area (Å²) in [7, 11) is 1.62. The Bertz CT molecular complexity index is 636. The molecule has 0 fully saturated rings. The number of hydrogen-bond donors (Lipinski definition) is 0. The second-order valence-corrected chi connectivity index (χ2v) is 4.60. The quantitative estimate of drug-likeness (QED) is 0.840. The highest BCUT2D eigenvalue weighted by Crippen LogP contribution is 2.43. The summed E-state index contributed by atoms with van der Waals surface area (Å²) in [5, 5.41) is 0. The molecule has 0 saturated heterocycles. The SMILES string of the molecule is COc1ccc([C@H]2Oc3ccccc3N2C(C)=O)cc1. The number of carbonyl (C=O) groups excluding carboxylic acids is 1. The van der Waals surface area contributed by atoms with E-state index in [9.17, 15) is 4.79 Å². The normalized spacial score (nSPS) is 16.5. The molecule has 0 radical (unpaired) electrons. The average molecular weight is 269 g/mol. The van der Waals surface area contributed by atoms with Crippen LogP contribution in [0.25, 0.3) is 0 Å². The number of carbonyl (C=O) groups is 1. The minimum atomic E-state index is -0.421. The van der Waals surface area contributed by atoms with Gasteiger partial charge in [0.2, 0.25) is 12.1 Å². The lowest BCUT2D eigenvalue weighted by Crippen LogP contribution is -2.31. The first-order chi connectivity index (χ1) is 9.70. The molecule has 102 valence electrons. The van der Waals surface area contributed by atoms with E-state index in [-0.39, 0.29) is 5.91 Å². The smallest absolute Gasteiger partial charge is 0.227 e. The van der Waals surface area contributed by atoms with Crippen molar-refractivity contribution in [3.05, 3.63) is 54.1 Å². The van der Waals surface area contributed by atoms with Gasteiger partial charge in [-0.25, -0.2) is 0 Å². The van der Waals surface area contributed by atoms with Crippen molar-refractivity contribution in [3.63, 3.8) is 0 Å². The van der Waals surface area contributed by atoms with Crippen LogP contribution in [0.15, 0.2) is 48.5 Å². The van der Waals surface area contributed by atoms with Crippen molar-refractivity contribution in [1.82, 2.24) is 0 Å². The monoisotopic (exact) mass is 269 g/mol. The number of rotatable bonds is 2. The van der Waals surface area contributed by atoms with Crippen molar-refractivity contribution in [2.75, 3.05) is 12.0 Å². The van der Waals surface area contributed by atoms with Crippen LogP contribution in [0, 0.1) is 0 Å². The van der Waals surface area contributed by atoms with Crippen molar-refractivity contribution < 1.29 is 14.3 Å². The van der Waals surface area contributed by atoms with Crippen molar-refractivity contribution in [2.24, 2.45) is 0 Å². The molecule has 1 heterocycles. The van der Waals surface area contributed by atoms with Crippen LogP contribution in [0.3, 0.4) is 0 Å². The van der Waals surface area contributed by atoms with E-state index >= 15 is 0 Å². The average Bonchev–Trinajstić information content (AvgIpc) is 2.86. The molecule has 1 aliphatic heterocycles. The van der Waals surface area contributed by atoms with Crippen molar-refractivity contribution in [3.8, 4) is 11.5 Å². The summed E-state index contributed by atoms with van der Waals surface area (Å²) < 4.78 is 11.1. The summed E-state index contributed by atoms with van der Waals surface area (Å²) in [5.74, 6) is 1.46. The summed E-state index contributed by atoms with van der Waals surface area (Å²) in [6.45, 7) is 1.54. The van der Waals surface area contributed by atoms with Gasteiger partial charge in [0, 0.05) is 12.5 Å². The minimum Gasteiger partial charge on any atom is -0.497 e. The van der Waals surface area contributed by atoms with E-state index in [1.165, 1.54) is 0 Å². The van der Waals surface area contributed by atoms with Crippen LogP contribution in [0.2, 0.25) is 0 Å². The van der Waals surface area contributed by atoms with Crippen molar-refractivity contribution >= 4 is 11.6 Å². The molecule has 0 N–H and O–H groups in total. The zero-order chi connectivity index (χ0) is 14.1. The third kappa shape index (κ3) is 1.99. The van der Waals surface area contributed by atoms with Crippen LogP contribution in [0.1, 0.15) is 18.7 Å². The Balaban J connectivity index is 1.99. The van der Waals surface area contributed by atoms with E-state index in [2.05, 4.69) is 0 Å². The number of amides is 1. The van der Waals surface area contributed by atoms with E-state index < -0.39 is 6.23 Å². The Hall–Kier alpha value is -2.49. The number of nitrogens with zero attached hydrogens (tertiary/aromatic N) is 1. The highest BCUT2D eigenvalue weighted by molar-refractivity contribution is 5.95. The maximum atomic E-state index is 11.9. The fraction of sp³-hybridized carbons (Fsp3) is 0.188. The van der Waals surface area contributed by atoms with Crippen LogP contribution in [0.4, 0.5) is 5.69 Å². The molecule has 0 bridgehead atoms. The van der Waals surface area contributed by atoms with E-state index in [4.69, 9.17) is 9.47 Å². The van der Waals surface area contributed by atoms with Crippen LogP contribution in [-0.4, -0.2) is 13.0 Å². The molecular formula is C16H15NO3. The zero-order valence-electron chi connectivity index (χ0n) is 11.4. The van der Waals surface area contributed by atoms with Crippen LogP contribution in [-0.2, 0) is 4.79 Å². The van der Waals surface area contributed by atoms with E-state index in [0.29, 0.717) is 0 Å². The third-order valence-corrected chi connectivity index (χ3v) is 3.34. The second-order valence-electron chi connectivity index (χ2n) is 4.60. The number of hydrogen-bond acceptors (Lipinski definition) is 3. The minimum absolute atomic E-state index is 0.0456. The standard InChI is InChI=1S/C16H15NO3/c1-11(18)17-14-5-3-4-6-15(14)20-16(17)12-7-9-13(19-2)10-8-12/h3-10,16H,1-2H3/t16-/m1/s1. The van der Waals surface area contributed by atoms with Gasteiger partial charge >= 0.3 is 0 Å². The highest BCUT2D eigenvalue weighted by atomic mass is 16.5. The number of ether oxygens (including phenoxy) is 2. The lowest BCUT2D eigenvalue weighted by molar-refractivity contribution is -0.117. The highest BCUT2D eigenvalue weighted by Gasteiger charge is 2.34. The first kappa shape index (κ1) is 12.5. The van der Waals surface area contributed by atoms with Gasteiger partial charge in [0.1, 0.15) is 11.5 Å². The molecular weight excluding hydrogens is 254 g/mol. The van der Waals surface area contributed by atoms with Crippen LogP contribution in [0.5, 0.6) is 11.5 Å². The van der Waals surface area contributed by atoms with Gasteiger partial charge < -0.3 is 9.47 Å². The summed E-state index contributed by atoms with van der Waals surface area (Å²) >= 11 is 0. The maximum absolute atomic E-state index is 11.9. The molecule has 1 atom stereocenters. The summed E-state index contributed by atoms with van der Waals surface area (Å²) in [4.78, 5) is 13.6. The number of fused-ring (bicyclic) bond motifs is 1. The molecule has 4 nitrogen and oxygen atoms in total. The Morgan fingerprint density at radius 3 is 2.50 bits per heavy atom. The Morgan fingerprint density at radius 1 is 1.15 bits per heavy atom. The predicted molar refractivity (Wildman–Crippen MR) is 76.0 cm³/mol. The molecule has 0 spiro atoms. The molecule has 4 heteroatoms. The topological polar surface area (TPSA) is 38.8 Å². The largest absolute Gasteiger partial charge is 0.497 e. The number of methoxy groups -OCH3 is 1. The van der Waals surface area contributed by atoms with Gasteiger partial charge in [0.05, 0.1) is 12.8 Å². The molecule has 2 aromatic carbocycles. The molecule has 3 rings (SSSR count). The summed E-state index contributed by atoms with van der Waals surface area (Å²) in [6.07, 6.45) is -0.421. The van der Waals surface area contributed by atoms with E-state index in [0.717, 1.165) is 22.7 Å². The molecule has 1 amide bonds. The lowest BCUT2D eigenvalue weighted by Gasteiger charge is -2.22. The molecule has 20 heavy (non-hydrogen) atoms. The van der Waals surface area contributed by atoms with Gasteiger partial charge in [-0.1, -0.05) is 12.1 Å². The Morgan fingerprint density at radius 2 is 1.85 bits per heavy atom. The molecule has 0 unspecified atom stereocenters. The van der Waals surface area contributed by atoms with E-state index in [1.54, 1.807) is 18.9 Å². The molecule has 2 aromatic rings. The number of anilines is 1. The first-order valence-corrected chi connectivity index (χ1v) is 6.40. The lowest BCUT2D eigenvalue weighted by atomic mass is 10.1. The van der Waals surface area contributed by atoms with Gasteiger partial charge in [-0.05, 0) is 36.4 Å². The fourth-order valence-electron chi connectivity index (χ4n) is 2.38. The third-order valence-electron chi connectivity index (χ3n) is 3.34. The summed E-state index contributed by atoms with van der Waals surface area (Å²) in [5.41, 5.74) is 1.72.